The maximum absolute atomic E-state index is 12.5. The van der Waals surface area contributed by atoms with Gasteiger partial charge in [0.15, 0.2) is 0 Å². The van der Waals surface area contributed by atoms with Crippen LogP contribution in [-0.4, -0.2) is 35.7 Å². The zero-order chi connectivity index (χ0) is 15.9. The van der Waals surface area contributed by atoms with Crippen molar-refractivity contribution in [3.63, 3.8) is 0 Å². The normalized spacial score (nSPS) is 22.0. The minimum absolute atomic E-state index is 0.0248. The Hall–Kier alpha value is -1.26. The lowest BCUT2D eigenvalue weighted by Gasteiger charge is -2.26. The van der Waals surface area contributed by atoms with Crippen LogP contribution in [0.3, 0.4) is 0 Å². The van der Waals surface area contributed by atoms with Gasteiger partial charge in [0.1, 0.15) is 0 Å². The Kier molecular flexibility index (Phi) is 4.33. The Bertz CT molecular complexity index is 629. The minimum atomic E-state index is -0.562. The molecule has 2 atom stereocenters. The van der Waals surface area contributed by atoms with Crippen LogP contribution in [0.15, 0.2) is 23.4 Å². The van der Waals surface area contributed by atoms with Crippen LogP contribution < -0.4 is 0 Å². The highest BCUT2D eigenvalue weighted by Crippen LogP contribution is 2.35. The first-order valence-electron chi connectivity index (χ1n) is 7.42. The summed E-state index contributed by atoms with van der Waals surface area (Å²) in [6, 6.07) is 5.47. The number of rotatable bonds is 4. The number of halogens is 2. The molecule has 1 aliphatic carbocycles. The summed E-state index contributed by atoms with van der Waals surface area (Å²) in [6.45, 7) is 2.09. The van der Waals surface area contributed by atoms with Crippen molar-refractivity contribution in [2.45, 2.75) is 38.3 Å². The number of nitrogens with zero attached hydrogens (tertiary/aromatic N) is 2. The number of hydrogen-bond acceptors (Lipinski definition) is 3. The maximum atomic E-state index is 12.5. The Balaban J connectivity index is 1.67. The monoisotopic (exact) mass is 340 g/mol. The van der Waals surface area contributed by atoms with E-state index in [4.69, 9.17) is 28.0 Å². The van der Waals surface area contributed by atoms with E-state index in [2.05, 4.69) is 12.1 Å². The van der Waals surface area contributed by atoms with Crippen molar-refractivity contribution in [1.29, 1.82) is 0 Å². The first-order chi connectivity index (χ1) is 10.5. The molecule has 1 fully saturated rings. The van der Waals surface area contributed by atoms with Crippen molar-refractivity contribution in [2.75, 3.05) is 7.05 Å². The second-order valence-corrected chi connectivity index (χ2v) is 6.83. The number of hydrogen-bond donors (Lipinski definition) is 0. The maximum Gasteiger partial charge on any atom is 0.266 e. The number of likely N-dealkylation sites (N-methyl/N-ethyl adjacent to an activating group) is 1. The number of benzene rings is 1. The van der Waals surface area contributed by atoms with Gasteiger partial charge >= 0.3 is 0 Å². The summed E-state index contributed by atoms with van der Waals surface area (Å²) >= 11 is 12.1. The van der Waals surface area contributed by atoms with Crippen molar-refractivity contribution in [3.05, 3.63) is 33.8 Å². The van der Waals surface area contributed by atoms with Gasteiger partial charge in [0.2, 0.25) is 6.10 Å². The number of carbonyl (C=O) groups excluding carboxylic acids is 1. The second kappa shape index (κ2) is 6.09. The first-order valence-corrected chi connectivity index (χ1v) is 8.17. The standard InChI is InChI=1S/C16H18Cl2N2O2/c1-9(10-3-4-10)20(2)16(21)15-8-14(19-22-15)12-6-5-11(17)7-13(12)18/h5-7,9-10,15H,3-4,8H2,1-2H3. The highest BCUT2D eigenvalue weighted by atomic mass is 35.5. The fourth-order valence-electron chi connectivity index (χ4n) is 2.72. The van der Waals surface area contributed by atoms with Crippen molar-refractivity contribution < 1.29 is 9.63 Å². The van der Waals surface area contributed by atoms with Crippen LogP contribution in [-0.2, 0) is 9.63 Å². The van der Waals surface area contributed by atoms with E-state index in [0.29, 0.717) is 28.1 Å². The molecule has 1 aliphatic heterocycles. The molecule has 0 spiro atoms. The Morgan fingerprint density at radius 3 is 2.77 bits per heavy atom. The Morgan fingerprint density at radius 2 is 2.14 bits per heavy atom. The van der Waals surface area contributed by atoms with Crippen LogP contribution in [0.2, 0.25) is 10.0 Å². The van der Waals surface area contributed by atoms with Gasteiger partial charge in [-0.05, 0) is 37.8 Å². The Labute approximate surface area is 140 Å². The molecule has 3 rings (SSSR count). The summed E-state index contributed by atoms with van der Waals surface area (Å²) < 4.78 is 0. The third-order valence-electron chi connectivity index (χ3n) is 4.45. The van der Waals surface area contributed by atoms with Crippen LogP contribution in [0.5, 0.6) is 0 Å². The molecule has 1 amide bonds. The quantitative estimate of drug-likeness (QED) is 0.837. The van der Waals surface area contributed by atoms with E-state index in [1.54, 1.807) is 23.1 Å². The fraction of sp³-hybridized carbons (Fsp3) is 0.500. The van der Waals surface area contributed by atoms with E-state index in [1.807, 2.05) is 7.05 Å². The molecule has 0 saturated heterocycles. The van der Waals surface area contributed by atoms with Gasteiger partial charge in [-0.2, -0.15) is 0 Å². The Morgan fingerprint density at radius 1 is 1.41 bits per heavy atom. The third-order valence-corrected chi connectivity index (χ3v) is 5.00. The predicted molar refractivity (Wildman–Crippen MR) is 87.4 cm³/mol. The molecule has 0 N–H and O–H groups in total. The molecule has 2 aliphatic rings. The third kappa shape index (κ3) is 3.08. The highest BCUT2D eigenvalue weighted by molar-refractivity contribution is 6.37. The average molecular weight is 341 g/mol. The van der Waals surface area contributed by atoms with E-state index < -0.39 is 6.10 Å². The minimum Gasteiger partial charge on any atom is -0.382 e. The zero-order valence-corrected chi connectivity index (χ0v) is 14.1. The van der Waals surface area contributed by atoms with E-state index in [0.717, 1.165) is 5.56 Å². The largest absolute Gasteiger partial charge is 0.382 e. The summed E-state index contributed by atoms with van der Waals surface area (Å²) in [5.74, 6) is 0.602. The molecular weight excluding hydrogens is 323 g/mol. The van der Waals surface area contributed by atoms with Gasteiger partial charge in [-0.1, -0.05) is 34.4 Å². The summed E-state index contributed by atoms with van der Waals surface area (Å²) in [7, 11) is 1.84. The van der Waals surface area contributed by atoms with Crippen molar-refractivity contribution >= 4 is 34.8 Å². The van der Waals surface area contributed by atoms with Crippen LogP contribution >= 0.6 is 23.2 Å². The summed E-state index contributed by atoms with van der Waals surface area (Å²) in [5.41, 5.74) is 1.45. The topological polar surface area (TPSA) is 41.9 Å². The lowest BCUT2D eigenvalue weighted by molar-refractivity contribution is -0.142. The second-order valence-electron chi connectivity index (χ2n) is 5.99. The van der Waals surface area contributed by atoms with Crippen molar-refractivity contribution in [1.82, 2.24) is 4.90 Å². The molecule has 0 bridgehead atoms. The molecule has 2 unspecified atom stereocenters. The van der Waals surface area contributed by atoms with Gasteiger partial charge in [0, 0.05) is 30.1 Å². The fourth-order valence-corrected chi connectivity index (χ4v) is 3.23. The lowest BCUT2D eigenvalue weighted by Crippen LogP contribution is -2.42. The summed E-state index contributed by atoms with van der Waals surface area (Å²) in [4.78, 5) is 19.6. The number of oxime groups is 1. The van der Waals surface area contributed by atoms with Gasteiger partial charge in [-0.15, -0.1) is 0 Å². The summed E-state index contributed by atoms with van der Waals surface area (Å²) in [5, 5.41) is 5.13. The molecule has 118 valence electrons. The van der Waals surface area contributed by atoms with Crippen LogP contribution in [0.1, 0.15) is 31.7 Å². The predicted octanol–water partition coefficient (Wildman–Crippen LogP) is 3.74. The molecule has 4 nitrogen and oxygen atoms in total. The SMILES string of the molecule is CC(C1CC1)N(C)C(=O)C1CC(c2ccc(Cl)cc2Cl)=NO1. The number of amides is 1. The van der Waals surface area contributed by atoms with E-state index >= 15 is 0 Å². The highest BCUT2D eigenvalue weighted by Gasteiger charge is 2.37. The zero-order valence-electron chi connectivity index (χ0n) is 12.6. The van der Waals surface area contributed by atoms with E-state index in [1.165, 1.54) is 12.8 Å². The van der Waals surface area contributed by atoms with E-state index in [-0.39, 0.29) is 11.9 Å². The lowest BCUT2D eigenvalue weighted by atomic mass is 10.0. The molecule has 0 aromatic heterocycles. The van der Waals surface area contributed by atoms with Gasteiger partial charge in [0.05, 0.1) is 10.7 Å². The van der Waals surface area contributed by atoms with Crippen LogP contribution in [0.25, 0.3) is 0 Å². The molecule has 6 heteroatoms. The molecular formula is C16H18Cl2N2O2. The van der Waals surface area contributed by atoms with E-state index in [9.17, 15) is 4.79 Å². The van der Waals surface area contributed by atoms with Gasteiger partial charge in [0.25, 0.3) is 5.91 Å². The van der Waals surface area contributed by atoms with Crippen LogP contribution in [0, 0.1) is 5.92 Å². The van der Waals surface area contributed by atoms with Gasteiger partial charge in [-0.25, -0.2) is 0 Å². The molecule has 1 aromatic rings. The molecule has 1 heterocycles. The smallest absolute Gasteiger partial charge is 0.266 e. The molecule has 1 aromatic carbocycles. The summed E-state index contributed by atoms with van der Waals surface area (Å²) in [6.07, 6.45) is 2.27. The van der Waals surface area contributed by atoms with Crippen molar-refractivity contribution in [2.24, 2.45) is 11.1 Å². The number of carbonyl (C=O) groups is 1. The molecule has 22 heavy (non-hydrogen) atoms. The first kappa shape index (κ1) is 15.6. The average Bonchev–Trinajstić information content (AvgIpc) is 3.23. The van der Waals surface area contributed by atoms with Crippen molar-refractivity contribution in [3.8, 4) is 0 Å². The molecule has 1 saturated carbocycles. The van der Waals surface area contributed by atoms with Crippen LogP contribution in [0.4, 0.5) is 0 Å². The van der Waals surface area contributed by atoms with Gasteiger partial charge < -0.3 is 9.74 Å². The van der Waals surface area contributed by atoms with Gasteiger partial charge in [-0.3, -0.25) is 4.79 Å². The molecule has 0 radical (unpaired) electrons.